The van der Waals surface area contributed by atoms with Gasteiger partial charge in [-0.25, -0.2) is 4.98 Å². The number of nitro benzene ring substituents is 1. The molecule has 0 N–H and O–H groups in total. The molecule has 4 aromatic carbocycles. The standard InChI is InChI=1S/C24H15N3O3/c28-27(29)21-7-3-4-16(12-21)15-25-20-10-11-23-22(14-20)26-24(30-23)19-9-8-17-5-1-2-6-18(17)13-19/h1-15H. The second-order valence-corrected chi connectivity index (χ2v) is 6.84. The molecule has 30 heavy (non-hydrogen) atoms. The summed E-state index contributed by atoms with van der Waals surface area (Å²) in [5.74, 6) is 0.551. The lowest BCUT2D eigenvalue weighted by Gasteiger charge is -1.99. The first-order valence-corrected chi connectivity index (χ1v) is 9.34. The summed E-state index contributed by atoms with van der Waals surface area (Å²) < 4.78 is 5.92. The molecule has 0 unspecified atom stereocenters. The van der Waals surface area contributed by atoms with Gasteiger partial charge in [-0.2, -0.15) is 0 Å². The Morgan fingerprint density at radius 1 is 0.900 bits per heavy atom. The van der Waals surface area contributed by atoms with Crippen molar-refractivity contribution < 1.29 is 9.34 Å². The predicted octanol–water partition coefficient (Wildman–Crippen LogP) is 6.31. The Bertz CT molecular complexity index is 1440. The number of hydrogen-bond acceptors (Lipinski definition) is 5. The second-order valence-electron chi connectivity index (χ2n) is 6.84. The Kier molecular flexibility index (Phi) is 4.29. The van der Waals surface area contributed by atoms with Crippen molar-refractivity contribution in [3.05, 3.63) is 101 Å². The van der Waals surface area contributed by atoms with E-state index in [2.05, 4.69) is 28.2 Å². The summed E-state index contributed by atoms with van der Waals surface area (Å²) in [6.45, 7) is 0. The molecule has 0 aliphatic rings. The van der Waals surface area contributed by atoms with E-state index in [1.54, 1.807) is 18.3 Å². The zero-order valence-corrected chi connectivity index (χ0v) is 15.7. The highest BCUT2D eigenvalue weighted by molar-refractivity contribution is 5.88. The van der Waals surface area contributed by atoms with E-state index in [1.165, 1.54) is 12.1 Å². The maximum atomic E-state index is 10.9. The molecule has 0 aliphatic carbocycles. The molecule has 1 aromatic heterocycles. The van der Waals surface area contributed by atoms with Gasteiger partial charge in [-0.3, -0.25) is 15.1 Å². The minimum atomic E-state index is -0.424. The van der Waals surface area contributed by atoms with Crippen molar-refractivity contribution in [1.82, 2.24) is 4.98 Å². The van der Waals surface area contributed by atoms with Crippen LogP contribution in [0.25, 0.3) is 33.3 Å². The van der Waals surface area contributed by atoms with Crippen molar-refractivity contribution >= 4 is 39.5 Å². The number of nitrogens with zero attached hydrogens (tertiary/aromatic N) is 3. The van der Waals surface area contributed by atoms with Crippen LogP contribution >= 0.6 is 0 Å². The van der Waals surface area contributed by atoms with Crippen LogP contribution in [0.4, 0.5) is 11.4 Å². The van der Waals surface area contributed by atoms with Crippen LogP contribution in [-0.4, -0.2) is 16.1 Å². The number of aliphatic imine (C=N–C) groups is 1. The average molecular weight is 393 g/mol. The monoisotopic (exact) mass is 393 g/mol. The first-order chi connectivity index (χ1) is 14.7. The third-order valence-electron chi connectivity index (χ3n) is 4.81. The lowest BCUT2D eigenvalue weighted by molar-refractivity contribution is -0.384. The summed E-state index contributed by atoms with van der Waals surface area (Å²) in [6.07, 6.45) is 1.60. The number of oxazole rings is 1. The fraction of sp³-hybridized carbons (Fsp3) is 0. The normalized spacial score (nSPS) is 11.5. The lowest BCUT2D eigenvalue weighted by atomic mass is 10.1. The summed E-state index contributed by atoms with van der Waals surface area (Å²) in [7, 11) is 0. The third kappa shape index (κ3) is 3.42. The molecule has 0 bridgehead atoms. The Balaban J connectivity index is 1.46. The van der Waals surface area contributed by atoms with Crippen molar-refractivity contribution in [3.63, 3.8) is 0 Å². The smallest absolute Gasteiger partial charge is 0.270 e. The van der Waals surface area contributed by atoms with Gasteiger partial charge in [0.15, 0.2) is 5.58 Å². The van der Waals surface area contributed by atoms with Crippen LogP contribution < -0.4 is 0 Å². The molecule has 0 radical (unpaired) electrons. The topological polar surface area (TPSA) is 81.5 Å². The number of benzene rings is 4. The van der Waals surface area contributed by atoms with Gasteiger partial charge < -0.3 is 4.42 Å². The molecule has 5 aromatic rings. The average Bonchev–Trinajstić information content (AvgIpc) is 3.21. The molecule has 0 amide bonds. The zero-order chi connectivity index (χ0) is 20.5. The van der Waals surface area contributed by atoms with Gasteiger partial charge in [-0.05, 0) is 46.7 Å². The maximum Gasteiger partial charge on any atom is 0.270 e. The minimum absolute atomic E-state index is 0.0333. The molecule has 144 valence electrons. The van der Waals surface area contributed by atoms with Crippen LogP contribution in [0, 0.1) is 10.1 Å². The molecular weight excluding hydrogens is 378 g/mol. The highest BCUT2D eigenvalue weighted by Crippen LogP contribution is 2.29. The Hall–Kier alpha value is -4.32. The SMILES string of the molecule is O=[N+]([O-])c1cccc(C=Nc2ccc3oc(-c4ccc5ccccc5c4)nc3c2)c1. The van der Waals surface area contributed by atoms with Crippen LogP contribution in [0.15, 0.2) is 94.3 Å². The number of hydrogen-bond donors (Lipinski definition) is 0. The molecule has 6 heteroatoms. The number of rotatable bonds is 4. The van der Waals surface area contributed by atoms with Gasteiger partial charge in [0.05, 0.1) is 10.6 Å². The molecule has 0 aliphatic heterocycles. The van der Waals surface area contributed by atoms with Crippen molar-refractivity contribution in [2.24, 2.45) is 4.99 Å². The van der Waals surface area contributed by atoms with Gasteiger partial charge in [0.2, 0.25) is 5.89 Å². The maximum absolute atomic E-state index is 10.9. The van der Waals surface area contributed by atoms with E-state index in [0.717, 1.165) is 16.3 Å². The first kappa shape index (κ1) is 17.8. The first-order valence-electron chi connectivity index (χ1n) is 9.34. The van der Waals surface area contributed by atoms with E-state index >= 15 is 0 Å². The molecule has 1 heterocycles. The Morgan fingerprint density at radius 3 is 2.63 bits per heavy atom. The van der Waals surface area contributed by atoms with E-state index in [-0.39, 0.29) is 5.69 Å². The Morgan fingerprint density at radius 2 is 1.77 bits per heavy atom. The third-order valence-corrected chi connectivity index (χ3v) is 4.81. The van der Waals surface area contributed by atoms with E-state index in [0.29, 0.717) is 28.2 Å². The van der Waals surface area contributed by atoms with Crippen LogP contribution in [0.3, 0.4) is 0 Å². The Labute approximate surface area is 171 Å². The van der Waals surface area contributed by atoms with Gasteiger partial charge in [0.1, 0.15) is 5.52 Å². The summed E-state index contributed by atoms with van der Waals surface area (Å²) in [6, 6.07) is 26.1. The fourth-order valence-electron chi connectivity index (χ4n) is 3.31. The van der Waals surface area contributed by atoms with Gasteiger partial charge >= 0.3 is 0 Å². The second kappa shape index (κ2) is 7.25. The quantitative estimate of drug-likeness (QED) is 0.204. The van der Waals surface area contributed by atoms with Crippen LogP contribution in [0.5, 0.6) is 0 Å². The number of non-ortho nitro benzene ring substituents is 1. The number of nitro groups is 1. The van der Waals surface area contributed by atoms with Crippen molar-refractivity contribution in [1.29, 1.82) is 0 Å². The molecule has 0 spiro atoms. The predicted molar refractivity (Wildman–Crippen MR) is 117 cm³/mol. The van der Waals surface area contributed by atoms with Crippen LogP contribution in [0.1, 0.15) is 5.56 Å². The summed E-state index contributed by atoms with van der Waals surface area (Å²) in [5, 5.41) is 13.2. The number of fused-ring (bicyclic) bond motifs is 2. The lowest BCUT2D eigenvalue weighted by Crippen LogP contribution is -1.89. The van der Waals surface area contributed by atoms with E-state index < -0.39 is 4.92 Å². The van der Waals surface area contributed by atoms with Crippen LogP contribution in [-0.2, 0) is 0 Å². The van der Waals surface area contributed by atoms with Crippen LogP contribution in [0.2, 0.25) is 0 Å². The molecule has 0 fully saturated rings. The van der Waals surface area contributed by atoms with Gasteiger partial charge in [0.25, 0.3) is 5.69 Å². The largest absolute Gasteiger partial charge is 0.436 e. The zero-order valence-electron chi connectivity index (χ0n) is 15.7. The summed E-state index contributed by atoms with van der Waals surface area (Å²) in [4.78, 5) is 19.5. The highest BCUT2D eigenvalue weighted by Gasteiger charge is 2.10. The van der Waals surface area contributed by atoms with Gasteiger partial charge in [-0.15, -0.1) is 0 Å². The summed E-state index contributed by atoms with van der Waals surface area (Å²) >= 11 is 0. The van der Waals surface area contributed by atoms with Crippen molar-refractivity contribution in [2.45, 2.75) is 0 Å². The van der Waals surface area contributed by atoms with Crippen molar-refractivity contribution in [3.8, 4) is 11.5 Å². The molecular formula is C24H15N3O3. The fourth-order valence-corrected chi connectivity index (χ4v) is 3.31. The highest BCUT2D eigenvalue weighted by atomic mass is 16.6. The van der Waals surface area contributed by atoms with Gasteiger partial charge in [-0.1, -0.05) is 42.5 Å². The number of aromatic nitrogens is 1. The van der Waals surface area contributed by atoms with E-state index in [1.807, 2.05) is 42.5 Å². The summed E-state index contributed by atoms with van der Waals surface area (Å²) in [5.41, 5.74) is 3.66. The molecule has 5 rings (SSSR count). The van der Waals surface area contributed by atoms with E-state index in [4.69, 9.17) is 4.42 Å². The van der Waals surface area contributed by atoms with Gasteiger partial charge in [0, 0.05) is 23.9 Å². The van der Waals surface area contributed by atoms with Crippen molar-refractivity contribution in [2.75, 3.05) is 0 Å². The molecule has 0 saturated carbocycles. The minimum Gasteiger partial charge on any atom is -0.436 e. The molecule has 0 atom stereocenters. The molecule has 6 nitrogen and oxygen atoms in total. The molecule has 0 saturated heterocycles. The van der Waals surface area contributed by atoms with E-state index in [9.17, 15) is 10.1 Å².